The summed E-state index contributed by atoms with van der Waals surface area (Å²) in [5.41, 5.74) is 9.04. The van der Waals surface area contributed by atoms with Crippen molar-refractivity contribution < 1.29 is 9.42 Å². The molecule has 0 spiro atoms. The van der Waals surface area contributed by atoms with Crippen LogP contribution >= 0.6 is 23.2 Å². The largest absolute Gasteiger partial charge is 0.378 e. The Labute approximate surface area is 150 Å². The lowest BCUT2D eigenvalue weighted by Gasteiger charge is -2.00. The van der Waals surface area contributed by atoms with Crippen LogP contribution in [0.2, 0.25) is 10.0 Å². The molecular weight excluding hydrogens is 371 g/mol. The molecule has 3 rings (SSSR count). The number of aromatic nitrogens is 5. The predicted octanol–water partition coefficient (Wildman–Crippen LogP) is 1.61. The summed E-state index contributed by atoms with van der Waals surface area (Å²) in [5, 5.41) is 19.3. The van der Waals surface area contributed by atoms with Crippen LogP contribution in [0, 0.1) is 6.92 Å². The van der Waals surface area contributed by atoms with Gasteiger partial charge < -0.3 is 5.73 Å². The van der Waals surface area contributed by atoms with Gasteiger partial charge in [-0.3, -0.25) is 4.79 Å². The highest BCUT2D eigenvalue weighted by molar-refractivity contribution is 6.42. The molecule has 0 unspecified atom stereocenters. The molecule has 1 amide bonds. The summed E-state index contributed by atoms with van der Waals surface area (Å²) in [6, 6.07) is 4.94. The number of amides is 1. The van der Waals surface area contributed by atoms with E-state index in [0.29, 0.717) is 21.3 Å². The highest BCUT2D eigenvalue weighted by Crippen LogP contribution is 2.21. The maximum Gasteiger partial charge on any atom is 0.293 e. The van der Waals surface area contributed by atoms with Gasteiger partial charge in [0.2, 0.25) is 11.6 Å². The number of hydrogen-bond donors (Lipinski definition) is 2. The van der Waals surface area contributed by atoms with Crippen LogP contribution in [0.25, 0.3) is 5.82 Å². The first-order valence-corrected chi connectivity index (χ1v) is 7.52. The number of rotatable bonds is 4. The molecule has 3 aromatic rings. The Kier molecular flexibility index (Phi) is 4.63. The van der Waals surface area contributed by atoms with Crippen molar-refractivity contribution in [2.24, 2.45) is 5.10 Å². The molecule has 0 aliphatic carbocycles. The number of nitrogens with two attached hydrogens (primary N) is 1. The van der Waals surface area contributed by atoms with Crippen LogP contribution in [0.4, 0.5) is 5.82 Å². The summed E-state index contributed by atoms with van der Waals surface area (Å²) < 4.78 is 5.74. The van der Waals surface area contributed by atoms with Gasteiger partial charge in [-0.25, -0.2) is 10.1 Å². The fraction of sp³-hybridized carbons (Fsp3) is 0.0769. The van der Waals surface area contributed by atoms with E-state index in [0.717, 1.165) is 0 Å². The maximum absolute atomic E-state index is 12.2. The average molecular weight is 381 g/mol. The zero-order valence-corrected chi connectivity index (χ0v) is 14.2. The fourth-order valence-electron chi connectivity index (χ4n) is 1.89. The van der Waals surface area contributed by atoms with Crippen molar-refractivity contribution >= 4 is 41.1 Å². The van der Waals surface area contributed by atoms with E-state index in [1.165, 1.54) is 10.9 Å². The summed E-state index contributed by atoms with van der Waals surface area (Å²) in [6.45, 7) is 1.62. The van der Waals surface area contributed by atoms with Gasteiger partial charge in [-0.2, -0.15) is 9.78 Å². The van der Waals surface area contributed by atoms with Gasteiger partial charge in [0.1, 0.15) is 0 Å². The Hall–Kier alpha value is -2.98. The molecule has 2 heterocycles. The number of halogens is 2. The van der Waals surface area contributed by atoms with Gasteiger partial charge in [-0.1, -0.05) is 34.5 Å². The van der Waals surface area contributed by atoms with Crippen LogP contribution < -0.4 is 11.2 Å². The molecule has 10 nitrogen and oxygen atoms in total. The molecule has 0 aliphatic rings. The van der Waals surface area contributed by atoms with Crippen LogP contribution in [0.1, 0.15) is 21.7 Å². The molecule has 128 valence electrons. The number of hydrogen-bond acceptors (Lipinski definition) is 8. The third-order valence-corrected chi connectivity index (χ3v) is 3.87. The van der Waals surface area contributed by atoms with Crippen molar-refractivity contribution in [3.63, 3.8) is 0 Å². The van der Waals surface area contributed by atoms with Crippen LogP contribution in [0.15, 0.2) is 27.9 Å². The quantitative estimate of drug-likeness (QED) is 0.517. The molecular formula is C13H10Cl2N8O2. The van der Waals surface area contributed by atoms with Crippen molar-refractivity contribution in [3.05, 3.63) is 45.2 Å². The van der Waals surface area contributed by atoms with Crippen LogP contribution in [-0.4, -0.2) is 37.4 Å². The van der Waals surface area contributed by atoms with E-state index >= 15 is 0 Å². The molecule has 0 saturated carbocycles. The molecule has 2 aromatic heterocycles. The lowest BCUT2D eigenvalue weighted by atomic mass is 10.2. The molecule has 0 aliphatic heterocycles. The van der Waals surface area contributed by atoms with Crippen molar-refractivity contribution in [1.29, 1.82) is 0 Å². The van der Waals surface area contributed by atoms with Gasteiger partial charge in [0.05, 0.1) is 22.0 Å². The Balaban J connectivity index is 1.74. The van der Waals surface area contributed by atoms with E-state index in [-0.39, 0.29) is 17.3 Å². The lowest BCUT2D eigenvalue weighted by molar-refractivity contribution is 0.0949. The van der Waals surface area contributed by atoms with E-state index in [1.807, 2.05) is 0 Å². The van der Waals surface area contributed by atoms with Gasteiger partial charge in [0, 0.05) is 0 Å². The first kappa shape index (κ1) is 16.9. The number of benzene rings is 1. The van der Waals surface area contributed by atoms with Gasteiger partial charge in [-0.15, -0.1) is 5.10 Å². The molecule has 0 radical (unpaired) electrons. The van der Waals surface area contributed by atoms with Gasteiger partial charge in [-0.05, 0) is 34.9 Å². The predicted molar refractivity (Wildman–Crippen MR) is 89.9 cm³/mol. The topological polar surface area (TPSA) is 137 Å². The Morgan fingerprint density at radius 3 is 2.84 bits per heavy atom. The van der Waals surface area contributed by atoms with Crippen molar-refractivity contribution in [1.82, 2.24) is 30.7 Å². The third kappa shape index (κ3) is 3.44. The monoisotopic (exact) mass is 380 g/mol. The second kappa shape index (κ2) is 6.87. The maximum atomic E-state index is 12.2. The summed E-state index contributed by atoms with van der Waals surface area (Å²) in [6.07, 6.45) is 1.42. The summed E-state index contributed by atoms with van der Waals surface area (Å²) in [5.74, 6) is -0.393. The van der Waals surface area contributed by atoms with E-state index in [9.17, 15) is 4.79 Å². The molecule has 12 heteroatoms. The van der Waals surface area contributed by atoms with Gasteiger partial charge in [0.25, 0.3) is 5.91 Å². The molecule has 0 atom stereocenters. The Morgan fingerprint density at radius 1 is 1.36 bits per heavy atom. The zero-order valence-electron chi connectivity index (χ0n) is 12.6. The number of hydrazone groups is 1. The number of carbonyl (C=O) groups excluding carboxylic acids is 1. The van der Waals surface area contributed by atoms with E-state index in [2.05, 4.69) is 35.8 Å². The highest BCUT2D eigenvalue weighted by atomic mass is 35.5. The van der Waals surface area contributed by atoms with Crippen LogP contribution in [-0.2, 0) is 0 Å². The number of anilines is 1. The van der Waals surface area contributed by atoms with Gasteiger partial charge in [0.15, 0.2) is 5.69 Å². The first-order valence-electron chi connectivity index (χ1n) is 6.76. The van der Waals surface area contributed by atoms with E-state index in [1.54, 1.807) is 25.1 Å². The average Bonchev–Trinajstić information content (AvgIpc) is 3.16. The van der Waals surface area contributed by atoms with Crippen molar-refractivity contribution in [2.75, 3.05) is 5.73 Å². The minimum absolute atomic E-state index is 0.0256. The minimum atomic E-state index is -0.560. The number of carbonyl (C=O) groups is 1. The van der Waals surface area contributed by atoms with Crippen molar-refractivity contribution in [3.8, 4) is 5.82 Å². The lowest BCUT2D eigenvalue weighted by Crippen LogP contribution is -2.19. The number of nitrogens with zero attached hydrogens (tertiary/aromatic N) is 6. The minimum Gasteiger partial charge on any atom is -0.378 e. The molecule has 0 fully saturated rings. The summed E-state index contributed by atoms with van der Waals surface area (Å²) in [7, 11) is 0. The van der Waals surface area contributed by atoms with Gasteiger partial charge >= 0.3 is 0 Å². The van der Waals surface area contributed by atoms with E-state index < -0.39 is 5.91 Å². The normalized spacial score (nSPS) is 11.2. The second-order valence-corrected chi connectivity index (χ2v) is 5.60. The molecule has 25 heavy (non-hydrogen) atoms. The van der Waals surface area contributed by atoms with E-state index in [4.69, 9.17) is 28.9 Å². The summed E-state index contributed by atoms with van der Waals surface area (Å²) >= 11 is 11.7. The SMILES string of the molecule is Cc1c(C(=O)NN=Cc2ccc(Cl)c(Cl)c2)nnn1-c1nonc1N. The second-order valence-electron chi connectivity index (χ2n) is 4.78. The number of nitrogens with one attached hydrogen (secondary N) is 1. The molecule has 0 saturated heterocycles. The van der Waals surface area contributed by atoms with Crippen molar-refractivity contribution in [2.45, 2.75) is 6.92 Å². The standard InChI is InChI=1S/C13H10Cl2N8O2/c1-6-10(18-22-23(6)12-11(16)20-25-21-12)13(24)19-17-5-7-2-3-8(14)9(15)4-7/h2-5H,1H3,(H2,16,20)(H,19,24). The molecule has 1 aromatic carbocycles. The highest BCUT2D eigenvalue weighted by Gasteiger charge is 2.20. The first-order chi connectivity index (χ1) is 12.0. The third-order valence-electron chi connectivity index (χ3n) is 3.13. The Morgan fingerprint density at radius 2 is 2.16 bits per heavy atom. The smallest absolute Gasteiger partial charge is 0.293 e. The Bertz CT molecular complexity index is 965. The van der Waals surface area contributed by atoms with Crippen LogP contribution in [0.5, 0.6) is 0 Å². The number of nitrogen functional groups attached to an aromatic ring is 1. The van der Waals surface area contributed by atoms with Crippen LogP contribution in [0.3, 0.4) is 0 Å². The summed E-state index contributed by atoms with van der Waals surface area (Å²) in [4.78, 5) is 12.2. The molecule has 3 N–H and O–H groups in total. The molecule has 0 bridgehead atoms. The zero-order chi connectivity index (χ0) is 18.0. The fourth-order valence-corrected chi connectivity index (χ4v) is 2.20.